The van der Waals surface area contributed by atoms with Gasteiger partial charge in [-0.25, -0.2) is 4.68 Å². The highest BCUT2D eigenvalue weighted by molar-refractivity contribution is 9.10. The minimum Gasteiger partial charge on any atom is -0.240 e. The summed E-state index contributed by atoms with van der Waals surface area (Å²) in [5.41, 5.74) is 3.79. The maximum atomic E-state index is 9.02. The molecule has 0 unspecified atom stereocenters. The second-order valence-corrected chi connectivity index (χ2v) is 5.54. The largest absolute Gasteiger partial charge is 0.240 e. The molecule has 0 aliphatic heterocycles. The Kier molecular flexibility index (Phi) is 3.85. The van der Waals surface area contributed by atoms with Crippen molar-refractivity contribution in [3.63, 3.8) is 0 Å². The van der Waals surface area contributed by atoms with Gasteiger partial charge in [0.25, 0.3) is 0 Å². The molecule has 0 bridgehead atoms. The number of hydrogen-bond donors (Lipinski definition) is 0. The molecule has 3 nitrogen and oxygen atoms in total. The fourth-order valence-electron chi connectivity index (χ4n) is 2.19. The molecule has 21 heavy (non-hydrogen) atoms. The number of hydrogen-bond acceptors (Lipinski definition) is 2. The molecule has 0 fully saturated rings. The Bertz CT molecular complexity index is 783. The van der Waals surface area contributed by atoms with Crippen LogP contribution >= 0.6 is 15.9 Å². The number of rotatable bonds is 3. The Labute approximate surface area is 131 Å². The summed E-state index contributed by atoms with van der Waals surface area (Å²) in [6.45, 7) is 0. The molecule has 0 saturated carbocycles. The number of nitrogens with zero attached hydrogens (tertiary/aromatic N) is 3. The topological polar surface area (TPSA) is 41.6 Å². The van der Waals surface area contributed by atoms with E-state index < -0.39 is 0 Å². The zero-order valence-electron chi connectivity index (χ0n) is 11.2. The van der Waals surface area contributed by atoms with E-state index in [1.165, 1.54) is 0 Å². The van der Waals surface area contributed by atoms with Gasteiger partial charge in [0, 0.05) is 21.8 Å². The van der Waals surface area contributed by atoms with Gasteiger partial charge in [-0.3, -0.25) is 0 Å². The van der Waals surface area contributed by atoms with Crippen LogP contribution in [0.15, 0.2) is 65.3 Å². The van der Waals surface area contributed by atoms with E-state index in [0.29, 0.717) is 6.42 Å². The number of halogens is 1. The molecule has 102 valence electrons. The van der Waals surface area contributed by atoms with E-state index in [1.807, 2.05) is 65.5 Å². The van der Waals surface area contributed by atoms with E-state index in [-0.39, 0.29) is 0 Å². The summed E-state index contributed by atoms with van der Waals surface area (Å²) in [5.74, 6) is 0. The Morgan fingerprint density at radius 3 is 2.43 bits per heavy atom. The monoisotopic (exact) mass is 337 g/mol. The van der Waals surface area contributed by atoms with Crippen molar-refractivity contribution >= 4 is 15.9 Å². The predicted molar refractivity (Wildman–Crippen MR) is 86.0 cm³/mol. The van der Waals surface area contributed by atoms with Crippen molar-refractivity contribution < 1.29 is 0 Å². The van der Waals surface area contributed by atoms with Gasteiger partial charge in [-0.1, -0.05) is 46.3 Å². The molecule has 2 aromatic carbocycles. The van der Waals surface area contributed by atoms with E-state index >= 15 is 0 Å². The third-order valence-corrected chi connectivity index (χ3v) is 3.73. The van der Waals surface area contributed by atoms with E-state index in [2.05, 4.69) is 27.1 Å². The van der Waals surface area contributed by atoms with Gasteiger partial charge < -0.3 is 0 Å². The second-order valence-electron chi connectivity index (χ2n) is 4.62. The average Bonchev–Trinajstić information content (AvgIpc) is 2.93. The van der Waals surface area contributed by atoms with Gasteiger partial charge in [-0.2, -0.15) is 10.4 Å². The molecule has 0 radical (unpaired) electrons. The highest BCUT2D eigenvalue weighted by Crippen LogP contribution is 2.25. The van der Waals surface area contributed by atoms with Gasteiger partial charge in [0.1, 0.15) is 0 Å². The number of para-hydroxylation sites is 1. The molecule has 3 rings (SSSR count). The minimum absolute atomic E-state index is 0.345. The van der Waals surface area contributed by atoms with Gasteiger partial charge in [-0.15, -0.1) is 0 Å². The van der Waals surface area contributed by atoms with Crippen LogP contribution in [0.4, 0.5) is 0 Å². The van der Waals surface area contributed by atoms with Gasteiger partial charge in [0.2, 0.25) is 0 Å². The van der Waals surface area contributed by atoms with Crippen LogP contribution in [0.1, 0.15) is 5.56 Å². The zero-order valence-corrected chi connectivity index (χ0v) is 12.8. The summed E-state index contributed by atoms with van der Waals surface area (Å²) >= 11 is 3.43. The molecular weight excluding hydrogens is 326 g/mol. The fourth-order valence-corrected chi connectivity index (χ4v) is 2.45. The molecular formula is C17H12BrN3. The highest BCUT2D eigenvalue weighted by Gasteiger charge is 2.11. The van der Waals surface area contributed by atoms with Crippen molar-refractivity contribution in [1.82, 2.24) is 9.78 Å². The summed E-state index contributed by atoms with van der Waals surface area (Å²) in [5, 5.41) is 13.7. The Morgan fingerprint density at radius 2 is 1.76 bits per heavy atom. The highest BCUT2D eigenvalue weighted by atomic mass is 79.9. The fraction of sp³-hybridized carbons (Fsp3) is 0.0588. The van der Waals surface area contributed by atoms with Crippen molar-refractivity contribution in [2.24, 2.45) is 0 Å². The first-order valence-electron chi connectivity index (χ1n) is 6.55. The zero-order chi connectivity index (χ0) is 14.7. The molecule has 0 N–H and O–H groups in total. The quantitative estimate of drug-likeness (QED) is 0.712. The van der Waals surface area contributed by atoms with Crippen LogP contribution in [0.5, 0.6) is 0 Å². The Balaban J connectivity index is 2.09. The lowest BCUT2D eigenvalue weighted by Gasteiger charge is -2.01. The standard InChI is InChI=1S/C17H12BrN3/c18-15-8-6-13(7-9-15)17-14(10-11-19)12-21(20-17)16-4-2-1-3-5-16/h1-9,12H,10H2. The van der Waals surface area contributed by atoms with Crippen molar-refractivity contribution in [3.05, 3.63) is 70.8 Å². The van der Waals surface area contributed by atoms with Crippen LogP contribution in [0.3, 0.4) is 0 Å². The summed E-state index contributed by atoms with van der Waals surface area (Å²) in [4.78, 5) is 0. The molecule has 0 aliphatic rings. The molecule has 1 aromatic heterocycles. The van der Waals surface area contributed by atoms with Gasteiger partial charge in [0.05, 0.1) is 23.9 Å². The molecule has 0 saturated heterocycles. The molecule has 3 aromatic rings. The third-order valence-electron chi connectivity index (χ3n) is 3.20. The first-order valence-corrected chi connectivity index (χ1v) is 7.34. The van der Waals surface area contributed by atoms with Crippen LogP contribution in [-0.4, -0.2) is 9.78 Å². The third kappa shape index (κ3) is 2.88. The predicted octanol–water partition coefficient (Wildman–Crippen LogP) is 4.37. The summed E-state index contributed by atoms with van der Waals surface area (Å²) in [7, 11) is 0. The van der Waals surface area contributed by atoms with Crippen LogP contribution in [-0.2, 0) is 6.42 Å². The van der Waals surface area contributed by atoms with Gasteiger partial charge >= 0.3 is 0 Å². The average molecular weight is 338 g/mol. The van der Waals surface area contributed by atoms with E-state index in [9.17, 15) is 0 Å². The Morgan fingerprint density at radius 1 is 1.05 bits per heavy atom. The SMILES string of the molecule is N#CCc1cn(-c2ccccc2)nc1-c1ccc(Br)cc1. The van der Waals surface area contributed by atoms with Crippen molar-refractivity contribution in [2.45, 2.75) is 6.42 Å². The summed E-state index contributed by atoms with van der Waals surface area (Å²) in [6.07, 6.45) is 2.27. The number of nitriles is 1. The Hall–Kier alpha value is -2.38. The molecule has 1 heterocycles. The smallest absolute Gasteiger partial charge is 0.0970 e. The van der Waals surface area contributed by atoms with Gasteiger partial charge in [-0.05, 0) is 24.3 Å². The lowest BCUT2D eigenvalue weighted by molar-refractivity contribution is 0.883. The van der Waals surface area contributed by atoms with E-state index in [0.717, 1.165) is 27.0 Å². The normalized spacial score (nSPS) is 10.3. The molecule has 0 amide bonds. The molecule has 0 spiro atoms. The lowest BCUT2D eigenvalue weighted by atomic mass is 10.1. The van der Waals surface area contributed by atoms with Crippen molar-refractivity contribution in [2.75, 3.05) is 0 Å². The summed E-state index contributed by atoms with van der Waals surface area (Å²) in [6, 6.07) is 20.1. The maximum Gasteiger partial charge on any atom is 0.0970 e. The summed E-state index contributed by atoms with van der Waals surface area (Å²) < 4.78 is 2.85. The van der Waals surface area contributed by atoms with Crippen LogP contribution in [0.25, 0.3) is 16.9 Å². The lowest BCUT2D eigenvalue weighted by Crippen LogP contribution is -1.93. The molecule has 4 heteroatoms. The van der Waals surface area contributed by atoms with Gasteiger partial charge in [0.15, 0.2) is 0 Å². The van der Waals surface area contributed by atoms with Crippen molar-refractivity contribution in [1.29, 1.82) is 5.26 Å². The van der Waals surface area contributed by atoms with Crippen LogP contribution in [0, 0.1) is 11.3 Å². The molecule has 0 aliphatic carbocycles. The van der Waals surface area contributed by atoms with Crippen LogP contribution < -0.4 is 0 Å². The van der Waals surface area contributed by atoms with E-state index in [1.54, 1.807) is 0 Å². The minimum atomic E-state index is 0.345. The van der Waals surface area contributed by atoms with Crippen molar-refractivity contribution in [3.8, 4) is 23.0 Å². The number of aromatic nitrogens is 2. The first-order chi connectivity index (χ1) is 10.3. The first kappa shape index (κ1) is 13.6. The number of benzene rings is 2. The van der Waals surface area contributed by atoms with E-state index in [4.69, 9.17) is 5.26 Å². The maximum absolute atomic E-state index is 9.02. The second kappa shape index (κ2) is 5.94. The van der Waals surface area contributed by atoms with Crippen LogP contribution in [0.2, 0.25) is 0 Å². The molecule has 0 atom stereocenters.